The number of halogens is 2. The number of rotatable bonds is 3. The Bertz CT molecular complexity index is 646. The molecule has 0 saturated heterocycles. The Morgan fingerprint density at radius 3 is 2.90 bits per heavy atom. The second-order valence-electron chi connectivity index (χ2n) is 5.29. The third-order valence-corrected chi connectivity index (χ3v) is 5.58. The molecule has 2 aromatic rings. The van der Waals surface area contributed by atoms with E-state index in [9.17, 15) is 4.39 Å². The second kappa shape index (κ2) is 6.51. The standard InChI is InChI=1S/C17H17BrFNS/c1-11(12-6-7-15(19)14(18)10-12)20-16-8-9-21-17-5-3-2-4-13(16)17/h2-7,10-11,16,20H,8-9H2,1H3. The van der Waals surface area contributed by atoms with Crippen LogP contribution in [0.5, 0.6) is 0 Å². The molecule has 1 aliphatic heterocycles. The van der Waals surface area contributed by atoms with E-state index in [4.69, 9.17) is 0 Å². The summed E-state index contributed by atoms with van der Waals surface area (Å²) in [5.74, 6) is 0.916. The van der Waals surface area contributed by atoms with Gasteiger partial charge in [-0.25, -0.2) is 4.39 Å². The van der Waals surface area contributed by atoms with Gasteiger partial charge < -0.3 is 5.32 Å². The Morgan fingerprint density at radius 2 is 2.10 bits per heavy atom. The van der Waals surface area contributed by atoms with Crippen molar-refractivity contribution < 1.29 is 4.39 Å². The fourth-order valence-corrected chi connectivity index (χ4v) is 4.22. The maximum Gasteiger partial charge on any atom is 0.137 e. The van der Waals surface area contributed by atoms with Gasteiger partial charge in [-0.1, -0.05) is 24.3 Å². The zero-order valence-corrected chi connectivity index (χ0v) is 14.2. The summed E-state index contributed by atoms with van der Waals surface area (Å²) in [7, 11) is 0. The predicted octanol–water partition coefficient (Wildman–Crippen LogP) is 5.48. The minimum Gasteiger partial charge on any atom is -0.303 e. The highest BCUT2D eigenvalue weighted by Crippen LogP contribution is 2.37. The van der Waals surface area contributed by atoms with Crippen LogP contribution in [0.25, 0.3) is 0 Å². The van der Waals surface area contributed by atoms with Crippen LogP contribution in [0.3, 0.4) is 0 Å². The Hall–Kier alpha value is -0.840. The van der Waals surface area contributed by atoms with Gasteiger partial charge in [0.15, 0.2) is 0 Å². The van der Waals surface area contributed by atoms with Gasteiger partial charge in [0.25, 0.3) is 0 Å². The van der Waals surface area contributed by atoms with Crippen molar-refractivity contribution in [2.75, 3.05) is 5.75 Å². The first kappa shape index (κ1) is 15.1. The molecule has 0 saturated carbocycles. The van der Waals surface area contributed by atoms with Gasteiger partial charge in [0, 0.05) is 17.0 Å². The monoisotopic (exact) mass is 365 g/mol. The summed E-state index contributed by atoms with van der Waals surface area (Å²) in [5, 5.41) is 3.68. The van der Waals surface area contributed by atoms with Crippen LogP contribution in [-0.4, -0.2) is 5.75 Å². The van der Waals surface area contributed by atoms with Crippen molar-refractivity contribution in [1.82, 2.24) is 5.32 Å². The zero-order chi connectivity index (χ0) is 14.8. The molecule has 2 unspecified atom stereocenters. The van der Waals surface area contributed by atoms with Gasteiger partial charge in [-0.15, -0.1) is 11.8 Å². The Labute approximate surface area is 137 Å². The SMILES string of the molecule is CC(NC1CCSc2ccccc21)c1ccc(F)c(Br)c1. The molecule has 21 heavy (non-hydrogen) atoms. The van der Waals surface area contributed by atoms with Gasteiger partial charge in [-0.3, -0.25) is 0 Å². The van der Waals surface area contributed by atoms with Gasteiger partial charge in [-0.2, -0.15) is 0 Å². The second-order valence-corrected chi connectivity index (χ2v) is 7.28. The van der Waals surface area contributed by atoms with E-state index in [0.29, 0.717) is 10.5 Å². The number of benzene rings is 2. The highest BCUT2D eigenvalue weighted by molar-refractivity contribution is 9.10. The van der Waals surface area contributed by atoms with Crippen LogP contribution in [0.2, 0.25) is 0 Å². The summed E-state index contributed by atoms with van der Waals surface area (Å²) in [6, 6.07) is 14.3. The number of hydrogen-bond donors (Lipinski definition) is 1. The molecule has 0 bridgehead atoms. The van der Waals surface area contributed by atoms with Crippen LogP contribution in [0.15, 0.2) is 51.8 Å². The normalized spacial score (nSPS) is 19.1. The lowest BCUT2D eigenvalue weighted by atomic mass is 10.0. The van der Waals surface area contributed by atoms with E-state index in [-0.39, 0.29) is 11.9 Å². The van der Waals surface area contributed by atoms with E-state index < -0.39 is 0 Å². The number of fused-ring (bicyclic) bond motifs is 1. The number of nitrogens with one attached hydrogen (secondary N) is 1. The summed E-state index contributed by atoms with van der Waals surface area (Å²) in [6.07, 6.45) is 1.12. The lowest BCUT2D eigenvalue weighted by molar-refractivity contribution is 0.449. The fraction of sp³-hybridized carbons (Fsp3) is 0.294. The third-order valence-electron chi connectivity index (χ3n) is 3.85. The molecule has 4 heteroatoms. The summed E-state index contributed by atoms with van der Waals surface area (Å²) in [6.45, 7) is 2.13. The first-order chi connectivity index (χ1) is 10.1. The Morgan fingerprint density at radius 1 is 1.29 bits per heavy atom. The van der Waals surface area contributed by atoms with E-state index >= 15 is 0 Å². The van der Waals surface area contributed by atoms with Crippen molar-refractivity contribution in [2.24, 2.45) is 0 Å². The number of thioether (sulfide) groups is 1. The van der Waals surface area contributed by atoms with Crippen molar-refractivity contribution in [3.8, 4) is 0 Å². The smallest absolute Gasteiger partial charge is 0.137 e. The van der Waals surface area contributed by atoms with E-state index in [0.717, 1.165) is 17.7 Å². The minimum atomic E-state index is -0.217. The van der Waals surface area contributed by atoms with E-state index in [1.165, 1.54) is 16.5 Å². The molecule has 0 amide bonds. The van der Waals surface area contributed by atoms with Crippen LogP contribution in [0.1, 0.15) is 36.6 Å². The van der Waals surface area contributed by atoms with Gasteiger partial charge in [0.05, 0.1) is 4.47 Å². The van der Waals surface area contributed by atoms with Crippen LogP contribution in [0, 0.1) is 5.82 Å². The summed E-state index contributed by atoms with van der Waals surface area (Å²) >= 11 is 5.18. The van der Waals surface area contributed by atoms with Crippen molar-refractivity contribution in [3.63, 3.8) is 0 Å². The van der Waals surface area contributed by atoms with Crippen molar-refractivity contribution >= 4 is 27.7 Å². The summed E-state index contributed by atoms with van der Waals surface area (Å²) < 4.78 is 13.9. The quantitative estimate of drug-likeness (QED) is 0.772. The van der Waals surface area contributed by atoms with E-state index in [1.54, 1.807) is 0 Å². The number of hydrogen-bond acceptors (Lipinski definition) is 2. The molecule has 0 fully saturated rings. The first-order valence-corrected chi connectivity index (χ1v) is 8.86. The van der Waals surface area contributed by atoms with Gasteiger partial charge >= 0.3 is 0 Å². The average Bonchev–Trinajstić information content (AvgIpc) is 2.50. The molecule has 110 valence electrons. The topological polar surface area (TPSA) is 12.0 Å². The molecule has 1 nitrogen and oxygen atoms in total. The maximum atomic E-state index is 13.3. The van der Waals surface area contributed by atoms with Crippen molar-refractivity contribution in [3.05, 3.63) is 63.9 Å². The molecular formula is C17H17BrFNS. The molecule has 2 atom stereocenters. The highest BCUT2D eigenvalue weighted by atomic mass is 79.9. The molecule has 1 heterocycles. The van der Waals surface area contributed by atoms with Crippen molar-refractivity contribution in [2.45, 2.75) is 30.3 Å². The Balaban J connectivity index is 1.79. The molecule has 2 aromatic carbocycles. The molecule has 0 radical (unpaired) electrons. The lowest BCUT2D eigenvalue weighted by Gasteiger charge is -2.29. The van der Waals surface area contributed by atoms with Gasteiger partial charge in [-0.05, 0) is 64.4 Å². The largest absolute Gasteiger partial charge is 0.303 e. The summed E-state index contributed by atoms with van der Waals surface area (Å²) in [5.41, 5.74) is 2.47. The van der Waals surface area contributed by atoms with Gasteiger partial charge in [0.1, 0.15) is 5.82 Å². The highest BCUT2D eigenvalue weighted by Gasteiger charge is 2.22. The zero-order valence-electron chi connectivity index (χ0n) is 11.8. The van der Waals surface area contributed by atoms with E-state index in [1.807, 2.05) is 23.9 Å². The van der Waals surface area contributed by atoms with Crippen molar-refractivity contribution in [1.29, 1.82) is 0 Å². The van der Waals surface area contributed by atoms with Gasteiger partial charge in [0.2, 0.25) is 0 Å². The minimum absolute atomic E-state index is 0.183. The third kappa shape index (κ3) is 3.33. The van der Waals surface area contributed by atoms with Crippen LogP contribution in [0.4, 0.5) is 4.39 Å². The molecule has 3 rings (SSSR count). The molecule has 0 aromatic heterocycles. The predicted molar refractivity (Wildman–Crippen MR) is 90.2 cm³/mol. The molecular weight excluding hydrogens is 349 g/mol. The molecule has 0 aliphatic carbocycles. The first-order valence-electron chi connectivity index (χ1n) is 7.08. The lowest BCUT2D eigenvalue weighted by Crippen LogP contribution is -2.27. The summed E-state index contributed by atoms with van der Waals surface area (Å²) in [4.78, 5) is 1.37. The Kier molecular flexibility index (Phi) is 4.67. The average molecular weight is 366 g/mol. The van der Waals surface area contributed by atoms with Crippen LogP contribution >= 0.6 is 27.7 Å². The van der Waals surface area contributed by atoms with E-state index in [2.05, 4.69) is 52.4 Å². The van der Waals surface area contributed by atoms with Crippen LogP contribution < -0.4 is 5.32 Å². The van der Waals surface area contributed by atoms with Crippen LogP contribution in [-0.2, 0) is 0 Å². The fourth-order valence-electron chi connectivity index (χ4n) is 2.69. The molecule has 0 spiro atoms. The molecule has 1 aliphatic rings. The maximum absolute atomic E-state index is 13.3. The molecule has 1 N–H and O–H groups in total.